The van der Waals surface area contributed by atoms with Crippen LogP contribution >= 0.6 is 23.4 Å². The van der Waals surface area contributed by atoms with Crippen LogP contribution in [0.5, 0.6) is 0 Å². The zero-order chi connectivity index (χ0) is 12.8. The molecule has 0 N–H and O–H groups in total. The van der Waals surface area contributed by atoms with E-state index >= 15 is 0 Å². The summed E-state index contributed by atoms with van der Waals surface area (Å²) in [6, 6.07) is 0.453. The number of aromatic nitrogens is 5. The summed E-state index contributed by atoms with van der Waals surface area (Å²) in [5.41, 5.74) is 1.86. The topological polar surface area (TPSA) is 48.0 Å². The summed E-state index contributed by atoms with van der Waals surface area (Å²) in [4.78, 5) is 13.0. The summed E-state index contributed by atoms with van der Waals surface area (Å²) < 4.78 is 4.26. The number of hydrogen-bond donors (Lipinski definition) is 0. The molecular weight excluding hydrogens is 282 g/mol. The molecule has 0 aromatic carbocycles. The van der Waals surface area contributed by atoms with Crippen LogP contribution in [-0.4, -0.2) is 35.4 Å². The van der Waals surface area contributed by atoms with Crippen molar-refractivity contribution in [1.82, 2.24) is 23.9 Å². The molecule has 98 valence electrons. The van der Waals surface area contributed by atoms with Crippen LogP contribution < -0.4 is 0 Å². The van der Waals surface area contributed by atoms with Gasteiger partial charge in [0.25, 0.3) is 0 Å². The van der Waals surface area contributed by atoms with Gasteiger partial charge in [-0.15, -0.1) is 0 Å². The lowest BCUT2D eigenvalue weighted by Gasteiger charge is -2.23. The fourth-order valence-corrected chi connectivity index (χ4v) is 3.94. The molecule has 5 nitrogen and oxygen atoms in total. The van der Waals surface area contributed by atoms with Gasteiger partial charge in [0.05, 0.1) is 6.20 Å². The third-order valence-electron chi connectivity index (χ3n) is 3.60. The van der Waals surface area contributed by atoms with Crippen molar-refractivity contribution in [2.45, 2.75) is 18.9 Å². The van der Waals surface area contributed by atoms with E-state index < -0.39 is 0 Å². The monoisotopic (exact) mass is 293 g/mol. The minimum Gasteiger partial charge on any atom is -0.291 e. The van der Waals surface area contributed by atoms with E-state index in [4.69, 9.17) is 11.6 Å². The molecule has 1 saturated heterocycles. The average Bonchev–Trinajstić information content (AvgIpc) is 2.99. The van der Waals surface area contributed by atoms with E-state index in [0.29, 0.717) is 11.3 Å². The molecule has 4 heterocycles. The van der Waals surface area contributed by atoms with Crippen molar-refractivity contribution in [2.75, 3.05) is 11.5 Å². The SMILES string of the molecule is Clc1ncc2c(n1)n(C1CCSCC1)c1nccn21. The van der Waals surface area contributed by atoms with Crippen molar-refractivity contribution in [3.63, 3.8) is 0 Å². The third kappa shape index (κ3) is 1.74. The van der Waals surface area contributed by atoms with Gasteiger partial charge < -0.3 is 0 Å². The Labute approximate surface area is 119 Å². The highest BCUT2D eigenvalue weighted by Gasteiger charge is 2.22. The molecule has 7 heteroatoms. The highest BCUT2D eigenvalue weighted by Crippen LogP contribution is 2.32. The smallest absolute Gasteiger partial charge is 0.224 e. The van der Waals surface area contributed by atoms with Crippen LogP contribution in [0.3, 0.4) is 0 Å². The molecule has 1 aliphatic heterocycles. The Balaban J connectivity index is 2.02. The number of hydrogen-bond acceptors (Lipinski definition) is 4. The molecule has 0 radical (unpaired) electrons. The highest BCUT2D eigenvalue weighted by atomic mass is 35.5. The van der Waals surface area contributed by atoms with Crippen LogP contribution in [0.2, 0.25) is 5.28 Å². The second-order valence-electron chi connectivity index (χ2n) is 4.66. The van der Waals surface area contributed by atoms with E-state index in [9.17, 15) is 0 Å². The first-order chi connectivity index (χ1) is 9.34. The first-order valence-electron chi connectivity index (χ1n) is 6.28. The lowest BCUT2D eigenvalue weighted by Crippen LogP contribution is -2.15. The normalized spacial score (nSPS) is 17.5. The fraction of sp³-hybridized carbons (Fsp3) is 0.417. The molecule has 1 fully saturated rings. The quantitative estimate of drug-likeness (QED) is 0.647. The van der Waals surface area contributed by atoms with Gasteiger partial charge >= 0.3 is 0 Å². The van der Waals surface area contributed by atoms with Crippen LogP contribution in [-0.2, 0) is 0 Å². The first kappa shape index (κ1) is 11.5. The predicted octanol–water partition coefficient (Wildman–Crippen LogP) is 2.80. The van der Waals surface area contributed by atoms with Gasteiger partial charge in [-0.05, 0) is 35.9 Å². The fourth-order valence-electron chi connectivity index (χ4n) is 2.73. The molecule has 1 aliphatic rings. The van der Waals surface area contributed by atoms with Crippen molar-refractivity contribution >= 4 is 40.3 Å². The molecule has 3 aromatic heterocycles. The summed E-state index contributed by atoms with van der Waals surface area (Å²) in [5, 5.41) is 0.291. The highest BCUT2D eigenvalue weighted by molar-refractivity contribution is 7.99. The molecule has 0 saturated carbocycles. The molecular formula is C12H12ClN5S. The van der Waals surface area contributed by atoms with Gasteiger partial charge in [-0.3, -0.25) is 8.97 Å². The number of fused-ring (bicyclic) bond motifs is 3. The van der Waals surface area contributed by atoms with Crippen LogP contribution in [0, 0.1) is 0 Å². The lowest BCUT2D eigenvalue weighted by molar-refractivity contribution is 0.488. The van der Waals surface area contributed by atoms with Gasteiger partial charge in [0.1, 0.15) is 5.52 Å². The average molecular weight is 294 g/mol. The van der Waals surface area contributed by atoms with E-state index in [2.05, 4.69) is 19.5 Å². The molecule has 0 aliphatic carbocycles. The summed E-state index contributed by atoms with van der Waals surface area (Å²) in [7, 11) is 0. The number of nitrogens with zero attached hydrogens (tertiary/aromatic N) is 5. The van der Waals surface area contributed by atoms with Crippen molar-refractivity contribution in [1.29, 1.82) is 0 Å². The Hall–Kier alpha value is -1.27. The van der Waals surface area contributed by atoms with Gasteiger partial charge in [0.15, 0.2) is 5.65 Å². The van der Waals surface area contributed by atoms with Crippen molar-refractivity contribution < 1.29 is 0 Å². The molecule has 0 spiro atoms. The lowest BCUT2D eigenvalue weighted by atomic mass is 10.1. The second kappa shape index (κ2) is 4.38. The predicted molar refractivity (Wildman–Crippen MR) is 76.9 cm³/mol. The maximum atomic E-state index is 5.95. The Morgan fingerprint density at radius 3 is 2.95 bits per heavy atom. The summed E-state index contributed by atoms with van der Waals surface area (Å²) in [5.74, 6) is 3.31. The van der Waals surface area contributed by atoms with E-state index in [-0.39, 0.29) is 0 Å². The minimum absolute atomic E-state index is 0.291. The van der Waals surface area contributed by atoms with E-state index in [1.54, 1.807) is 6.20 Å². The maximum Gasteiger partial charge on any atom is 0.224 e. The molecule has 0 bridgehead atoms. The molecule has 19 heavy (non-hydrogen) atoms. The number of thioether (sulfide) groups is 1. The summed E-state index contributed by atoms with van der Waals surface area (Å²) >= 11 is 7.97. The van der Waals surface area contributed by atoms with Crippen LogP contribution in [0.4, 0.5) is 0 Å². The zero-order valence-corrected chi connectivity index (χ0v) is 11.7. The maximum absolute atomic E-state index is 5.95. The molecule has 0 amide bonds. The third-order valence-corrected chi connectivity index (χ3v) is 4.83. The Bertz CT molecular complexity index is 743. The summed E-state index contributed by atoms with van der Waals surface area (Å²) in [6.45, 7) is 0. The van der Waals surface area contributed by atoms with Crippen molar-refractivity contribution in [2.24, 2.45) is 0 Å². The minimum atomic E-state index is 0.291. The van der Waals surface area contributed by atoms with Crippen LogP contribution in [0.25, 0.3) is 16.9 Å². The first-order valence-corrected chi connectivity index (χ1v) is 7.81. The molecule has 0 unspecified atom stereocenters. The standard InChI is InChI=1S/C12H12ClN5S/c13-11-15-7-9-10(16-11)18(8-1-5-19-6-2-8)12-14-3-4-17(9)12/h3-4,7-8H,1-2,5-6H2. The molecule has 0 atom stereocenters. The van der Waals surface area contributed by atoms with Crippen LogP contribution in [0.1, 0.15) is 18.9 Å². The van der Waals surface area contributed by atoms with Gasteiger partial charge in [-0.2, -0.15) is 16.7 Å². The van der Waals surface area contributed by atoms with Gasteiger partial charge in [0.2, 0.25) is 11.1 Å². The van der Waals surface area contributed by atoms with Crippen molar-refractivity contribution in [3.05, 3.63) is 23.9 Å². The van der Waals surface area contributed by atoms with Gasteiger partial charge in [0, 0.05) is 18.4 Å². The van der Waals surface area contributed by atoms with E-state index in [1.165, 1.54) is 11.5 Å². The zero-order valence-electron chi connectivity index (χ0n) is 10.2. The van der Waals surface area contributed by atoms with E-state index in [1.807, 2.05) is 28.6 Å². The summed E-state index contributed by atoms with van der Waals surface area (Å²) in [6.07, 6.45) is 7.84. The van der Waals surface area contributed by atoms with Gasteiger partial charge in [-0.25, -0.2) is 9.97 Å². The number of rotatable bonds is 1. The Morgan fingerprint density at radius 1 is 1.26 bits per heavy atom. The Morgan fingerprint density at radius 2 is 2.11 bits per heavy atom. The van der Waals surface area contributed by atoms with Gasteiger partial charge in [-0.1, -0.05) is 0 Å². The second-order valence-corrected chi connectivity index (χ2v) is 6.22. The van der Waals surface area contributed by atoms with E-state index in [0.717, 1.165) is 29.8 Å². The number of halogens is 1. The largest absolute Gasteiger partial charge is 0.291 e. The van der Waals surface area contributed by atoms with Crippen molar-refractivity contribution in [3.8, 4) is 0 Å². The number of imidazole rings is 2. The Kier molecular flexibility index (Phi) is 2.66. The van der Waals surface area contributed by atoms with Crippen LogP contribution in [0.15, 0.2) is 18.6 Å². The molecule has 4 rings (SSSR count). The molecule has 3 aromatic rings.